The summed E-state index contributed by atoms with van der Waals surface area (Å²) in [5.41, 5.74) is 0. The SMILES string of the molecule is CCCN(CCNC)CCOC(C)C. The van der Waals surface area contributed by atoms with Gasteiger partial charge in [0.15, 0.2) is 0 Å². The van der Waals surface area contributed by atoms with Crippen molar-refractivity contribution in [3.05, 3.63) is 0 Å². The van der Waals surface area contributed by atoms with Crippen LogP contribution < -0.4 is 5.32 Å². The second-order valence-corrected chi connectivity index (χ2v) is 3.86. The van der Waals surface area contributed by atoms with E-state index in [9.17, 15) is 0 Å². The van der Waals surface area contributed by atoms with Crippen LogP contribution in [0.5, 0.6) is 0 Å². The van der Waals surface area contributed by atoms with E-state index in [1.807, 2.05) is 7.05 Å². The molecule has 86 valence electrons. The van der Waals surface area contributed by atoms with Crippen molar-refractivity contribution >= 4 is 0 Å². The molecule has 0 fully saturated rings. The molecule has 0 aliphatic carbocycles. The Hall–Kier alpha value is -0.120. The number of hydrogen-bond acceptors (Lipinski definition) is 3. The normalized spacial score (nSPS) is 11.6. The van der Waals surface area contributed by atoms with Gasteiger partial charge in [-0.15, -0.1) is 0 Å². The molecule has 0 spiro atoms. The Morgan fingerprint density at radius 2 is 1.93 bits per heavy atom. The molecule has 0 saturated carbocycles. The molecule has 14 heavy (non-hydrogen) atoms. The Morgan fingerprint density at radius 3 is 2.43 bits per heavy atom. The molecular formula is C11H26N2O. The molecule has 0 rings (SSSR count). The maximum absolute atomic E-state index is 5.54. The van der Waals surface area contributed by atoms with E-state index in [1.165, 1.54) is 13.0 Å². The van der Waals surface area contributed by atoms with Crippen molar-refractivity contribution in [1.29, 1.82) is 0 Å². The van der Waals surface area contributed by atoms with E-state index in [-0.39, 0.29) is 0 Å². The van der Waals surface area contributed by atoms with Crippen molar-refractivity contribution in [3.63, 3.8) is 0 Å². The van der Waals surface area contributed by atoms with E-state index < -0.39 is 0 Å². The van der Waals surface area contributed by atoms with Gasteiger partial charge in [0, 0.05) is 19.6 Å². The Labute approximate surface area is 88.8 Å². The maximum atomic E-state index is 5.54. The lowest BCUT2D eigenvalue weighted by Gasteiger charge is -2.21. The van der Waals surface area contributed by atoms with Crippen LogP contribution in [0.2, 0.25) is 0 Å². The summed E-state index contributed by atoms with van der Waals surface area (Å²) in [7, 11) is 1.99. The zero-order valence-electron chi connectivity index (χ0n) is 10.2. The van der Waals surface area contributed by atoms with Crippen molar-refractivity contribution in [2.24, 2.45) is 0 Å². The lowest BCUT2D eigenvalue weighted by atomic mass is 10.4. The van der Waals surface area contributed by atoms with Crippen LogP contribution in [0.4, 0.5) is 0 Å². The van der Waals surface area contributed by atoms with E-state index >= 15 is 0 Å². The largest absolute Gasteiger partial charge is 0.377 e. The summed E-state index contributed by atoms with van der Waals surface area (Å²) in [4.78, 5) is 2.44. The smallest absolute Gasteiger partial charge is 0.0596 e. The van der Waals surface area contributed by atoms with Crippen molar-refractivity contribution in [2.75, 3.05) is 39.8 Å². The van der Waals surface area contributed by atoms with Crippen LogP contribution in [0.1, 0.15) is 27.2 Å². The van der Waals surface area contributed by atoms with Crippen LogP contribution >= 0.6 is 0 Å². The van der Waals surface area contributed by atoms with Crippen molar-refractivity contribution in [1.82, 2.24) is 10.2 Å². The van der Waals surface area contributed by atoms with E-state index in [0.717, 1.165) is 26.2 Å². The first kappa shape index (κ1) is 13.9. The predicted molar refractivity (Wildman–Crippen MR) is 61.7 cm³/mol. The first-order valence-corrected chi connectivity index (χ1v) is 5.69. The lowest BCUT2D eigenvalue weighted by molar-refractivity contribution is 0.0593. The monoisotopic (exact) mass is 202 g/mol. The highest BCUT2D eigenvalue weighted by Crippen LogP contribution is 1.93. The minimum Gasteiger partial charge on any atom is -0.377 e. The van der Waals surface area contributed by atoms with Gasteiger partial charge in [-0.3, -0.25) is 4.90 Å². The highest BCUT2D eigenvalue weighted by molar-refractivity contribution is 4.58. The van der Waals surface area contributed by atoms with Gasteiger partial charge in [-0.1, -0.05) is 6.92 Å². The third kappa shape index (κ3) is 8.48. The summed E-state index contributed by atoms with van der Waals surface area (Å²) in [6, 6.07) is 0. The third-order valence-electron chi connectivity index (χ3n) is 2.08. The highest BCUT2D eigenvalue weighted by Gasteiger charge is 2.03. The van der Waals surface area contributed by atoms with Crippen LogP contribution in [0.15, 0.2) is 0 Å². The quantitative estimate of drug-likeness (QED) is 0.611. The van der Waals surface area contributed by atoms with E-state index in [2.05, 4.69) is 31.0 Å². The van der Waals surface area contributed by atoms with Crippen molar-refractivity contribution < 1.29 is 4.74 Å². The highest BCUT2D eigenvalue weighted by atomic mass is 16.5. The van der Waals surface area contributed by atoms with E-state index in [4.69, 9.17) is 4.74 Å². The summed E-state index contributed by atoms with van der Waals surface area (Å²) >= 11 is 0. The summed E-state index contributed by atoms with van der Waals surface area (Å²) in [5, 5.41) is 3.17. The number of rotatable bonds is 9. The van der Waals surface area contributed by atoms with Gasteiger partial charge < -0.3 is 10.1 Å². The summed E-state index contributed by atoms with van der Waals surface area (Å²) < 4.78 is 5.54. The molecule has 0 aromatic rings. The summed E-state index contributed by atoms with van der Waals surface area (Å²) in [6.07, 6.45) is 1.56. The molecule has 0 amide bonds. The van der Waals surface area contributed by atoms with Crippen LogP contribution in [0.25, 0.3) is 0 Å². The summed E-state index contributed by atoms with van der Waals surface area (Å²) in [5.74, 6) is 0. The van der Waals surface area contributed by atoms with Gasteiger partial charge in [-0.05, 0) is 33.9 Å². The topological polar surface area (TPSA) is 24.5 Å². The maximum Gasteiger partial charge on any atom is 0.0596 e. The molecule has 0 saturated heterocycles. The zero-order valence-corrected chi connectivity index (χ0v) is 10.2. The van der Waals surface area contributed by atoms with E-state index in [1.54, 1.807) is 0 Å². The fourth-order valence-corrected chi connectivity index (χ4v) is 1.34. The van der Waals surface area contributed by atoms with Crippen LogP contribution in [-0.2, 0) is 4.74 Å². The van der Waals surface area contributed by atoms with Gasteiger partial charge in [-0.25, -0.2) is 0 Å². The minimum atomic E-state index is 0.350. The predicted octanol–water partition coefficient (Wildman–Crippen LogP) is 1.34. The van der Waals surface area contributed by atoms with Gasteiger partial charge in [0.2, 0.25) is 0 Å². The third-order valence-corrected chi connectivity index (χ3v) is 2.08. The van der Waals surface area contributed by atoms with Gasteiger partial charge in [-0.2, -0.15) is 0 Å². The number of hydrogen-bond donors (Lipinski definition) is 1. The molecule has 0 aliphatic heterocycles. The second kappa shape index (κ2) is 9.44. The molecule has 1 N–H and O–H groups in total. The van der Waals surface area contributed by atoms with Gasteiger partial charge in [0.1, 0.15) is 0 Å². The lowest BCUT2D eigenvalue weighted by Crippen LogP contribution is -2.34. The van der Waals surface area contributed by atoms with Gasteiger partial charge in [0.25, 0.3) is 0 Å². The van der Waals surface area contributed by atoms with Crippen molar-refractivity contribution in [3.8, 4) is 0 Å². The molecule has 0 heterocycles. The van der Waals surface area contributed by atoms with Crippen LogP contribution in [0.3, 0.4) is 0 Å². The molecule has 0 atom stereocenters. The Bertz CT molecular complexity index is 118. The molecule has 0 bridgehead atoms. The average molecular weight is 202 g/mol. The Morgan fingerprint density at radius 1 is 1.21 bits per heavy atom. The molecule has 0 aliphatic rings. The number of nitrogens with zero attached hydrogens (tertiary/aromatic N) is 1. The first-order chi connectivity index (χ1) is 6.70. The van der Waals surface area contributed by atoms with Crippen LogP contribution in [0, 0.1) is 0 Å². The second-order valence-electron chi connectivity index (χ2n) is 3.86. The summed E-state index contributed by atoms with van der Waals surface area (Å²) in [6.45, 7) is 11.6. The average Bonchev–Trinajstić information content (AvgIpc) is 2.13. The number of nitrogens with one attached hydrogen (secondary N) is 1. The Kier molecular flexibility index (Phi) is 9.35. The Balaban J connectivity index is 3.50. The number of ether oxygens (including phenoxy) is 1. The van der Waals surface area contributed by atoms with E-state index in [0.29, 0.717) is 6.10 Å². The fourth-order valence-electron chi connectivity index (χ4n) is 1.34. The molecule has 0 radical (unpaired) electrons. The molecule has 3 heteroatoms. The van der Waals surface area contributed by atoms with Gasteiger partial charge >= 0.3 is 0 Å². The van der Waals surface area contributed by atoms with Crippen LogP contribution in [-0.4, -0.2) is 50.8 Å². The molecule has 0 aromatic carbocycles. The van der Waals surface area contributed by atoms with Crippen molar-refractivity contribution in [2.45, 2.75) is 33.3 Å². The molecule has 0 aromatic heterocycles. The molecule has 3 nitrogen and oxygen atoms in total. The van der Waals surface area contributed by atoms with Gasteiger partial charge in [0.05, 0.1) is 12.7 Å². The zero-order chi connectivity index (χ0) is 10.8. The molecule has 0 unspecified atom stereocenters. The first-order valence-electron chi connectivity index (χ1n) is 5.69. The fraction of sp³-hybridized carbons (Fsp3) is 1.00. The number of likely N-dealkylation sites (N-methyl/N-ethyl adjacent to an activating group) is 1. The molecular weight excluding hydrogens is 176 g/mol. The standard InChI is InChI=1S/C11H26N2O/c1-5-7-13(8-6-12-4)9-10-14-11(2)3/h11-12H,5-10H2,1-4H3. The minimum absolute atomic E-state index is 0.350.